The normalized spacial score (nSPS) is 13.8. The molecule has 154 valence electrons. The SMILES string of the molecule is CC(=O)N(CCC(=O)Nc1ccc(N2CCCCC2)cc1)CCc1ccccc1. The maximum atomic E-state index is 12.3. The van der Waals surface area contributed by atoms with Crippen molar-refractivity contribution in [1.82, 2.24) is 4.90 Å². The molecule has 1 fully saturated rings. The second-order valence-electron chi connectivity index (χ2n) is 7.63. The second-order valence-corrected chi connectivity index (χ2v) is 7.63. The van der Waals surface area contributed by atoms with E-state index in [4.69, 9.17) is 0 Å². The number of nitrogens with one attached hydrogen (secondary N) is 1. The zero-order valence-electron chi connectivity index (χ0n) is 17.3. The van der Waals surface area contributed by atoms with E-state index in [1.807, 2.05) is 30.3 Å². The number of piperidine rings is 1. The van der Waals surface area contributed by atoms with Gasteiger partial charge in [0.15, 0.2) is 0 Å². The highest BCUT2D eigenvalue weighted by Crippen LogP contribution is 2.21. The van der Waals surface area contributed by atoms with Gasteiger partial charge in [-0.1, -0.05) is 30.3 Å². The minimum atomic E-state index is -0.0679. The van der Waals surface area contributed by atoms with Crippen LogP contribution in [0.15, 0.2) is 54.6 Å². The smallest absolute Gasteiger partial charge is 0.226 e. The van der Waals surface area contributed by atoms with Crippen molar-refractivity contribution in [1.29, 1.82) is 0 Å². The van der Waals surface area contributed by atoms with E-state index in [-0.39, 0.29) is 11.8 Å². The number of carbonyl (C=O) groups is 2. The van der Waals surface area contributed by atoms with Crippen LogP contribution < -0.4 is 10.2 Å². The molecule has 0 radical (unpaired) electrons. The molecule has 1 saturated heterocycles. The van der Waals surface area contributed by atoms with Crippen molar-refractivity contribution >= 4 is 23.2 Å². The minimum absolute atomic E-state index is 0.000356. The van der Waals surface area contributed by atoms with E-state index in [0.29, 0.717) is 19.5 Å². The van der Waals surface area contributed by atoms with Crippen LogP contribution in [-0.4, -0.2) is 42.9 Å². The molecular weight excluding hydrogens is 362 g/mol. The number of hydrogen-bond acceptors (Lipinski definition) is 3. The molecule has 1 aliphatic heterocycles. The van der Waals surface area contributed by atoms with Crippen LogP contribution in [0.25, 0.3) is 0 Å². The summed E-state index contributed by atoms with van der Waals surface area (Å²) in [5.74, 6) is -0.0682. The molecule has 29 heavy (non-hydrogen) atoms. The van der Waals surface area contributed by atoms with Gasteiger partial charge in [-0.05, 0) is 55.5 Å². The molecule has 1 heterocycles. The minimum Gasteiger partial charge on any atom is -0.372 e. The third-order valence-electron chi connectivity index (χ3n) is 5.44. The first-order valence-corrected chi connectivity index (χ1v) is 10.6. The van der Waals surface area contributed by atoms with Gasteiger partial charge in [0.05, 0.1) is 0 Å². The molecule has 0 aromatic heterocycles. The molecule has 1 aliphatic rings. The lowest BCUT2D eigenvalue weighted by atomic mass is 10.1. The van der Waals surface area contributed by atoms with Gasteiger partial charge in [0.25, 0.3) is 0 Å². The Labute approximate surface area is 173 Å². The molecule has 2 aromatic rings. The molecule has 0 unspecified atom stereocenters. The summed E-state index contributed by atoms with van der Waals surface area (Å²) < 4.78 is 0. The number of rotatable bonds is 8. The molecule has 3 rings (SSSR count). The molecule has 0 bridgehead atoms. The Balaban J connectivity index is 1.45. The van der Waals surface area contributed by atoms with E-state index < -0.39 is 0 Å². The van der Waals surface area contributed by atoms with E-state index in [2.05, 4.69) is 34.5 Å². The fourth-order valence-electron chi connectivity index (χ4n) is 3.70. The third-order valence-corrected chi connectivity index (χ3v) is 5.44. The summed E-state index contributed by atoms with van der Waals surface area (Å²) in [5, 5.41) is 2.94. The molecule has 1 N–H and O–H groups in total. The van der Waals surface area contributed by atoms with Gasteiger partial charge in [-0.25, -0.2) is 0 Å². The van der Waals surface area contributed by atoms with Crippen LogP contribution in [0.2, 0.25) is 0 Å². The monoisotopic (exact) mass is 393 g/mol. The number of anilines is 2. The van der Waals surface area contributed by atoms with Gasteiger partial charge in [-0.3, -0.25) is 9.59 Å². The number of amides is 2. The Bertz CT molecular complexity index is 784. The van der Waals surface area contributed by atoms with Crippen LogP contribution in [-0.2, 0) is 16.0 Å². The average molecular weight is 394 g/mol. The van der Waals surface area contributed by atoms with E-state index in [0.717, 1.165) is 25.2 Å². The molecule has 2 aromatic carbocycles. The molecule has 5 nitrogen and oxygen atoms in total. The van der Waals surface area contributed by atoms with Gasteiger partial charge in [0, 0.05) is 50.9 Å². The van der Waals surface area contributed by atoms with Crippen LogP contribution in [0.4, 0.5) is 11.4 Å². The number of nitrogens with zero attached hydrogens (tertiary/aromatic N) is 2. The highest BCUT2D eigenvalue weighted by atomic mass is 16.2. The maximum Gasteiger partial charge on any atom is 0.226 e. The van der Waals surface area contributed by atoms with Crippen LogP contribution in [0, 0.1) is 0 Å². The predicted octanol–water partition coefficient (Wildman–Crippen LogP) is 4.10. The van der Waals surface area contributed by atoms with Gasteiger partial charge in [-0.2, -0.15) is 0 Å². The summed E-state index contributed by atoms with van der Waals surface area (Å²) in [5.41, 5.74) is 3.21. The fraction of sp³-hybridized carbons (Fsp3) is 0.417. The molecule has 5 heteroatoms. The third kappa shape index (κ3) is 6.63. The number of carbonyl (C=O) groups excluding carboxylic acids is 2. The Morgan fingerprint density at radius 3 is 2.28 bits per heavy atom. The van der Waals surface area contributed by atoms with Crippen LogP contribution in [0.1, 0.15) is 38.2 Å². The van der Waals surface area contributed by atoms with E-state index >= 15 is 0 Å². The Morgan fingerprint density at radius 1 is 0.931 bits per heavy atom. The Kier molecular flexibility index (Phi) is 7.68. The Hall–Kier alpha value is -2.82. The highest BCUT2D eigenvalue weighted by Gasteiger charge is 2.13. The number of hydrogen-bond donors (Lipinski definition) is 1. The average Bonchev–Trinajstić information content (AvgIpc) is 2.75. The van der Waals surface area contributed by atoms with Crippen LogP contribution in [0.3, 0.4) is 0 Å². The van der Waals surface area contributed by atoms with Crippen molar-refractivity contribution in [3.8, 4) is 0 Å². The zero-order valence-corrected chi connectivity index (χ0v) is 17.3. The molecule has 0 atom stereocenters. The highest BCUT2D eigenvalue weighted by molar-refractivity contribution is 5.91. The van der Waals surface area contributed by atoms with Crippen molar-refractivity contribution in [2.24, 2.45) is 0 Å². The van der Waals surface area contributed by atoms with Crippen molar-refractivity contribution < 1.29 is 9.59 Å². The molecule has 0 aliphatic carbocycles. The standard InChI is InChI=1S/C24H31N3O2/c1-20(28)26(18-14-21-8-4-2-5-9-21)19-15-24(29)25-22-10-12-23(13-11-22)27-16-6-3-7-17-27/h2,4-5,8-13H,3,6-7,14-19H2,1H3,(H,25,29). The molecular formula is C24H31N3O2. The summed E-state index contributed by atoms with van der Waals surface area (Å²) in [4.78, 5) is 28.4. The maximum absolute atomic E-state index is 12.3. The quantitative estimate of drug-likeness (QED) is 0.735. The van der Waals surface area contributed by atoms with Crippen LogP contribution >= 0.6 is 0 Å². The summed E-state index contributed by atoms with van der Waals surface area (Å²) >= 11 is 0. The van der Waals surface area contributed by atoms with Gasteiger partial charge in [-0.15, -0.1) is 0 Å². The lowest BCUT2D eigenvalue weighted by molar-refractivity contribution is -0.129. The summed E-state index contributed by atoms with van der Waals surface area (Å²) in [6.07, 6.45) is 4.89. The van der Waals surface area contributed by atoms with Gasteiger partial charge in [0.1, 0.15) is 0 Å². The largest absolute Gasteiger partial charge is 0.372 e. The Morgan fingerprint density at radius 2 is 1.62 bits per heavy atom. The number of benzene rings is 2. The summed E-state index contributed by atoms with van der Waals surface area (Å²) in [6, 6.07) is 18.1. The fourth-order valence-corrected chi connectivity index (χ4v) is 3.70. The predicted molar refractivity (Wildman–Crippen MR) is 118 cm³/mol. The van der Waals surface area contributed by atoms with E-state index in [1.165, 1.54) is 30.5 Å². The van der Waals surface area contributed by atoms with E-state index in [9.17, 15) is 9.59 Å². The van der Waals surface area contributed by atoms with Crippen molar-refractivity contribution in [2.45, 2.75) is 39.0 Å². The first-order valence-electron chi connectivity index (χ1n) is 10.6. The molecule has 2 amide bonds. The van der Waals surface area contributed by atoms with Crippen LogP contribution in [0.5, 0.6) is 0 Å². The topological polar surface area (TPSA) is 52.7 Å². The lowest BCUT2D eigenvalue weighted by Gasteiger charge is -2.28. The summed E-state index contributed by atoms with van der Waals surface area (Å²) in [7, 11) is 0. The lowest BCUT2D eigenvalue weighted by Crippen LogP contribution is -2.33. The van der Waals surface area contributed by atoms with E-state index in [1.54, 1.807) is 11.8 Å². The summed E-state index contributed by atoms with van der Waals surface area (Å²) in [6.45, 7) is 4.82. The molecule has 0 spiro atoms. The van der Waals surface area contributed by atoms with Crippen molar-refractivity contribution in [3.05, 3.63) is 60.2 Å². The van der Waals surface area contributed by atoms with Gasteiger partial charge < -0.3 is 15.1 Å². The first-order chi connectivity index (χ1) is 14.1. The van der Waals surface area contributed by atoms with Gasteiger partial charge in [0.2, 0.25) is 11.8 Å². The van der Waals surface area contributed by atoms with Crippen molar-refractivity contribution in [2.75, 3.05) is 36.4 Å². The molecule has 0 saturated carbocycles. The van der Waals surface area contributed by atoms with Gasteiger partial charge >= 0.3 is 0 Å². The zero-order chi connectivity index (χ0) is 20.5. The van der Waals surface area contributed by atoms with Crippen molar-refractivity contribution in [3.63, 3.8) is 0 Å². The second kappa shape index (κ2) is 10.6. The first kappa shape index (κ1) is 20.9.